The standard InChI is InChI=1S/C15H21N3O7/c1-5-23-12(20)10-7-15(25-17(10)4,13(21)24-6-2)18-8-9(3)11(19)16-14(18)22/h8,10H,5-7H2,1-4H3,(H,16,19,22)/t10-,15-/m0/s1. The molecule has 1 saturated heterocycles. The van der Waals surface area contributed by atoms with E-state index in [1.54, 1.807) is 13.8 Å². The summed E-state index contributed by atoms with van der Waals surface area (Å²) in [6.07, 6.45) is 1.01. The summed E-state index contributed by atoms with van der Waals surface area (Å²) in [7, 11) is 1.45. The Morgan fingerprint density at radius 2 is 1.96 bits per heavy atom. The van der Waals surface area contributed by atoms with Gasteiger partial charge in [-0.1, -0.05) is 0 Å². The molecule has 0 aliphatic carbocycles. The number of rotatable bonds is 5. The van der Waals surface area contributed by atoms with Crippen molar-refractivity contribution in [3.05, 3.63) is 32.6 Å². The number of carbonyl (C=O) groups is 2. The first-order chi connectivity index (χ1) is 11.8. The molecule has 0 spiro atoms. The first-order valence-electron chi connectivity index (χ1n) is 7.85. The Morgan fingerprint density at radius 3 is 2.56 bits per heavy atom. The van der Waals surface area contributed by atoms with Crippen molar-refractivity contribution in [3.8, 4) is 0 Å². The fourth-order valence-corrected chi connectivity index (χ4v) is 2.64. The SMILES string of the molecule is CCOC(=O)[C@@H]1C[C@](C(=O)OCC)(n2cc(C)c(=O)[nH]c2=O)ON1C. The third-order valence-corrected chi connectivity index (χ3v) is 3.87. The fraction of sp³-hybridized carbons (Fsp3) is 0.600. The predicted molar refractivity (Wildman–Crippen MR) is 84.6 cm³/mol. The number of hydrogen-bond acceptors (Lipinski definition) is 8. The summed E-state index contributed by atoms with van der Waals surface area (Å²) in [6, 6.07) is -0.913. The molecule has 10 heteroatoms. The molecule has 2 heterocycles. The molecule has 1 fully saturated rings. The van der Waals surface area contributed by atoms with Gasteiger partial charge in [0.2, 0.25) is 0 Å². The van der Waals surface area contributed by atoms with Crippen molar-refractivity contribution in [1.82, 2.24) is 14.6 Å². The van der Waals surface area contributed by atoms with Crippen LogP contribution in [0.2, 0.25) is 0 Å². The zero-order chi connectivity index (χ0) is 18.8. The van der Waals surface area contributed by atoms with Crippen LogP contribution in [0.1, 0.15) is 25.8 Å². The maximum Gasteiger partial charge on any atom is 0.362 e. The van der Waals surface area contributed by atoms with Crippen LogP contribution in [0.4, 0.5) is 0 Å². The minimum Gasteiger partial charge on any atom is -0.465 e. The highest BCUT2D eigenvalue weighted by Crippen LogP contribution is 2.35. The molecule has 0 radical (unpaired) electrons. The lowest BCUT2D eigenvalue weighted by atomic mass is 10.0. The monoisotopic (exact) mass is 355 g/mol. The molecule has 1 aromatic heterocycles. The number of hydrogen-bond donors (Lipinski definition) is 1. The number of H-pyrrole nitrogens is 1. The van der Waals surface area contributed by atoms with Crippen LogP contribution in [0.15, 0.2) is 15.8 Å². The highest BCUT2D eigenvalue weighted by atomic mass is 16.7. The third-order valence-electron chi connectivity index (χ3n) is 3.87. The normalized spacial score (nSPS) is 23.4. The van der Waals surface area contributed by atoms with Crippen molar-refractivity contribution in [2.45, 2.75) is 39.0 Å². The Hall–Kier alpha value is -2.46. The van der Waals surface area contributed by atoms with Gasteiger partial charge in [0.1, 0.15) is 6.04 Å². The van der Waals surface area contributed by atoms with Gasteiger partial charge in [-0.05, 0) is 20.8 Å². The number of hydroxylamine groups is 2. The topological polar surface area (TPSA) is 120 Å². The van der Waals surface area contributed by atoms with Gasteiger partial charge in [0.15, 0.2) is 0 Å². The van der Waals surface area contributed by atoms with Gasteiger partial charge in [-0.2, -0.15) is 5.06 Å². The number of esters is 2. The molecule has 25 heavy (non-hydrogen) atoms. The lowest BCUT2D eigenvalue weighted by molar-refractivity contribution is -0.238. The fourth-order valence-electron chi connectivity index (χ4n) is 2.64. The van der Waals surface area contributed by atoms with E-state index in [4.69, 9.17) is 14.3 Å². The van der Waals surface area contributed by atoms with Gasteiger partial charge >= 0.3 is 17.6 Å². The second kappa shape index (κ2) is 7.19. The third kappa shape index (κ3) is 3.35. The van der Waals surface area contributed by atoms with E-state index in [2.05, 4.69) is 4.98 Å². The van der Waals surface area contributed by atoms with E-state index >= 15 is 0 Å². The number of nitrogens with zero attached hydrogens (tertiary/aromatic N) is 2. The van der Waals surface area contributed by atoms with Gasteiger partial charge in [-0.15, -0.1) is 0 Å². The summed E-state index contributed by atoms with van der Waals surface area (Å²) in [5, 5.41) is 1.15. The van der Waals surface area contributed by atoms with E-state index in [0.717, 1.165) is 9.63 Å². The number of aromatic nitrogens is 2. The molecule has 138 valence electrons. The van der Waals surface area contributed by atoms with Crippen molar-refractivity contribution in [2.24, 2.45) is 0 Å². The van der Waals surface area contributed by atoms with E-state index in [0.29, 0.717) is 0 Å². The molecule has 0 unspecified atom stereocenters. The second-order valence-corrected chi connectivity index (χ2v) is 5.56. The summed E-state index contributed by atoms with van der Waals surface area (Å²) in [5.41, 5.74) is -3.13. The lowest BCUT2D eigenvalue weighted by Crippen LogP contribution is -2.51. The number of aromatic amines is 1. The highest BCUT2D eigenvalue weighted by Gasteiger charge is 2.56. The van der Waals surface area contributed by atoms with Crippen molar-refractivity contribution in [2.75, 3.05) is 20.3 Å². The molecule has 10 nitrogen and oxygen atoms in total. The average Bonchev–Trinajstić information content (AvgIpc) is 2.90. The van der Waals surface area contributed by atoms with Crippen molar-refractivity contribution < 1.29 is 23.9 Å². The summed E-state index contributed by atoms with van der Waals surface area (Å²) >= 11 is 0. The molecular weight excluding hydrogens is 334 g/mol. The van der Waals surface area contributed by atoms with Crippen molar-refractivity contribution in [1.29, 1.82) is 0 Å². The van der Waals surface area contributed by atoms with E-state index in [1.165, 1.54) is 20.2 Å². The largest absolute Gasteiger partial charge is 0.465 e. The lowest BCUT2D eigenvalue weighted by Gasteiger charge is -2.27. The van der Waals surface area contributed by atoms with Crippen molar-refractivity contribution in [3.63, 3.8) is 0 Å². The second-order valence-electron chi connectivity index (χ2n) is 5.56. The van der Waals surface area contributed by atoms with Crippen molar-refractivity contribution >= 4 is 11.9 Å². The quantitative estimate of drug-likeness (QED) is 0.686. The molecule has 0 amide bonds. The highest BCUT2D eigenvalue weighted by molar-refractivity contribution is 5.81. The molecular formula is C15H21N3O7. The van der Waals surface area contributed by atoms with E-state index in [-0.39, 0.29) is 25.2 Å². The van der Waals surface area contributed by atoms with Gasteiger partial charge in [0.05, 0.1) is 13.2 Å². The summed E-state index contributed by atoms with van der Waals surface area (Å²) in [4.78, 5) is 56.4. The number of nitrogens with one attached hydrogen (secondary N) is 1. The molecule has 0 saturated carbocycles. The Morgan fingerprint density at radius 1 is 1.32 bits per heavy atom. The molecule has 1 aromatic rings. The maximum absolute atomic E-state index is 12.6. The smallest absolute Gasteiger partial charge is 0.362 e. The summed E-state index contributed by atoms with van der Waals surface area (Å²) in [6.45, 7) is 4.95. The van der Waals surface area contributed by atoms with Gasteiger partial charge in [0, 0.05) is 25.2 Å². The van der Waals surface area contributed by atoms with Crippen LogP contribution >= 0.6 is 0 Å². The molecule has 1 aliphatic heterocycles. The van der Waals surface area contributed by atoms with E-state index < -0.39 is 35.0 Å². The zero-order valence-electron chi connectivity index (χ0n) is 14.5. The number of aryl methyl sites for hydroxylation is 1. The zero-order valence-corrected chi connectivity index (χ0v) is 14.5. The Labute approximate surface area is 143 Å². The van der Waals surface area contributed by atoms with Crippen LogP contribution in [0.25, 0.3) is 0 Å². The van der Waals surface area contributed by atoms with Crippen LogP contribution < -0.4 is 11.2 Å². The molecule has 2 atom stereocenters. The summed E-state index contributed by atoms with van der Waals surface area (Å²) in [5.74, 6) is -1.44. The molecule has 0 bridgehead atoms. The minimum atomic E-state index is -1.91. The average molecular weight is 355 g/mol. The van der Waals surface area contributed by atoms with Crippen LogP contribution in [-0.2, 0) is 29.6 Å². The molecule has 0 aromatic carbocycles. The number of ether oxygens (including phenoxy) is 2. The Kier molecular flexibility index (Phi) is 5.43. The number of likely N-dealkylation sites (N-methyl/N-ethyl adjacent to an activating group) is 1. The molecule has 1 N–H and O–H groups in total. The predicted octanol–water partition coefficient (Wildman–Crippen LogP) is -0.740. The van der Waals surface area contributed by atoms with E-state index in [9.17, 15) is 19.2 Å². The Bertz CT molecular complexity index is 784. The number of carbonyl (C=O) groups excluding carboxylic acids is 2. The van der Waals surface area contributed by atoms with Gasteiger partial charge < -0.3 is 9.47 Å². The van der Waals surface area contributed by atoms with E-state index in [1.807, 2.05) is 0 Å². The van der Waals surface area contributed by atoms with Gasteiger partial charge in [-0.25, -0.2) is 9.59 Å². The van der Waals surface area contributed by atoms with Crippen LogP contribution in [0, 0.1) is 6.92 Å². The maximum atomic E-state index is 12.6. The molecule has 1 aliphatic rings. The molecule has 2 rings (SSSR count). The first-order valence-corrected chi connectivity index (χ1v) is 7.85. The van der Waals surface area contributed by atoms with Gasteiger partial charge in [0.25, 0.3) is 11.3 Å². The van der Waals surface area contributed by atoms with Crippen LogP contribution in [0.5, 0.6) is 0 Å². The first kappa shape index (κ1) is 18.9. The minimum absolute atomic E-state index is 0.0504. The van der Waals surface area contributed by atoms with Crippen LogP contribution in [0.3, 0.4) is 0 Å². The Balaban J connectivity index is 2.57. The summed E-state index contributed by atoms with van der Waals surface area (Å²) < 4.78 is 11.0. The van der Waals surface area contributed by atoms with Gasteiger partial charge in [-0.3, -0.25) is 24.0 Å². The van der Waals surface area contributed by atoms with Crippen LogP contribution in [-0.4, -0.2) is 52.9 Å².